The lowest BCUT2D eigenvalue weighted by Gasteiger charge is -2.16. The summed E-state index contributed by atoms with van der Waals surface area (Å²) in [6.07, 6.45) is 0. The Hall–Kier alpha value is -1.51. The molecule has 8 heteroatoms. The van der Waals surface area contributed by atoms with E-state index in [1.807, 2.05) is 0 Å². The summed E-state index contributed by atoms with van der Waals surface area (Å²) in [5, 5.41) is 0. The molecule has 6 nitrogen and oxygen atoms in total. The van der Waals surface area contributed by atoms with Gasteiger partial charge in [-0.3, -0.25) is 4.79 Å². The average Bonchev–Trinajstić information content (AvgIpc) is 2.37. The van der Waals surface area contributed by atoms with Gasteiger partial charge < -0.3 is 10.5 Å². The number of ether oxygens (including phenoxy) is 1. The molecule has 110 valence electrons. The van der Waals surface area contributed by atoms with Crippen LogP contribution in [0.3, 0.4) is 0 Å². The molecule has 0 saturated carbocycles. The van der Waals surface area contributed by atoms with Crippen LogP contribution >= 0.6 is 12.2 Å². The van der Waals surface area contributed by atoms with E-state index in [9.17, 15) is 13.2 Å². The zero-order chi connectivity index (χ0) is 15.5. The van der Waals surface area contributed by atoms with Gasteiger partial charge in [-0.15, -0.1) is 0 Å². The van der Waals surface area contributed by atoms with Gasteiger partial charge >= 0.3 is 5.97 Å². The van der Waals surface area contributed by atoms with Crippen LogP contribution in [0.1, 0.15) is 11.1 Å². The molecule has 0 aliphatic rings. The maximum atomic E-state index is 12.3. The molecule has 1 aromatic carbocycles. The van der Waals surface area contributed by atoms with Gasteiger partial charge in [-0.1, -0.05) is 18.3 Å². The molecular weight excluding hydrogens is 300 g/mol. The highest BCUT2D eigenvalue weighted by atomic mass is 32.2. The number of methoxy groups -OCH3 is 1. The fourth-order valence-electron chi connectivity index (χ4n) is 1.58. The van der Waals surface area contributed by atoms with Gasteiger partial charge in [0.25, 0.3) is 0 Å². The summed E-state index contributed by atoms with van der Waals surface area (Å²) < 4.78 is 29.9. The molecule has 0 aliphatic heterocycles. The van der Waals surface area contributed by atoms with Gasteiger partial charge in [0.2, 0.25) is 10.0 Å². The lowest BCUT2D eigenvalue weighted by Crippen LogP contribution is -2.32. The Morgan fingerprint density at radius 1 is 1.45 bits per heavy atom. The second kappa shape index (κ2) is 6.29. The highest BCUT2D eigenvalue weighted by Crippen LogP contribution is 2.18. The third kappa shape index (κ3) is 3.53. The van der Waals surface area contributed by atoms with E-state index in [2.05, 4.69) is 4.74 Å². The van der Waals surface area contributed by atoms with Crippen LogP contribution in [-0.4, -0.2) is 44.4 Å². The molecule has 1 rings (SSSR count). The number of rotatable bonds is 5. The topological polar surface area (TPSA) is 89.7 Å². The third-order valence-corrected chi connectivity index (χ3v) is 4.77. The Kier molecular flexibility index (Phi) is 5.21. The van der Waals surface area contributed by atoms with Gasteiger partial charge in [0.1, 0.15) is 11.5 Å². The van der Waals surface area contributed by atoms with Crippen molar-refractivity contribution in [2.45, 2.75) is 11.8 Å². The summed E-state index contributed by atoms with van der Waals surface area (Å²) in [6.45, 7) is 1.36. The predicted octanol–water partition coefficient (Wildman–Crippen LogP) is 0.423. The SMILES string of the molecule is COC(=O)CN(C)S(=O)(=O)c1ccc(C(N)=S)c(C)c1. The summed E-state index contributed by atoms with van der Waals surface area (Å²) in [7, 11) is -1.25. The van der Waals surface area contributed by atoms with Crippen molar-refractivity contribution >= 4 is 33.2 Å². The fourth-order valence-corrected chi connectivity index (χ4v) is 3.01. The molecular formula is C12H16N2O4S2. The van der Waals surface area contributed by atoms with Gasteiger partial charge in [-0.25, -0.2) is 8.42 Å². The van der Waals surface area contributed by atoms with Gasteiger partial charge in [0, 0.05) is 12.6 Å². The quantitative estimate of drug-likeness (QED) is 0.625. The number of benzene rings is 1. The smallest absolute Gasteiger partial charge is 0.321 e. The largest absolute Gasteiger partial charge is 0.468 e. The molecule has 0 atom stereocenters. The van der Waals surface area contributed by atoms with Gasteiger partial charge in [-0.05, 0) is 24.6 Å². The lowest BCUT2D eigenvalue weighted by atomic mass is 10.1. The van der Waals surface area contributed by atoms with Gasteiger partial charge in [-0.2, -0.15) is 4.31 Å². The highest BCUT2D eigenvalue weighted by molar-refractivity contribution is 7.89. The highest BCUT2D eigenvalue weighted by Gasteiger charge is 2.23. The van der Waals surface area contributed by atoms with Crippen LogP contribution in [-0.2, 0) is 19.6 Å². The van der Waals surface area contributed by atoms with Crippen molar-refractivity contribution < 1.29 is 17.9 Å². The first-order chi connectivity index (χ1) is 9.20. The van der Waals surface area contributed by atoms with E-state index in [0.717, 1.165) is 4.31 Å². The van der Waals surface area contributed by atoms with Crippen LogP contribution < -0.4 is 5.73 Å². The van der Waals surface area contributed by atoms with E-state index in [1.165, 1.54) is 26.3 Å². The molecule has 2 N–H and O–H groups in total. The Morgan fingerprint density at radius 2 is 2.05 bits per heavy atom. The van der Waals surface area contributed by atoms with E-state index in [1.54, 1.807) is 13.0 Å². The number of esters is 1. The second-order valence-electron chi connectivity index (χ2n) is 4.18. The number of hydrogen-bond donors (Lipinski definition) is 1. The first-order valence-electron chi connectivity index (χ1n) is 5.63. The Morgan fingerprint density at radius 3 is 2.50 bits per heavy atom. The monoisotopic (exact) mass is 316 g/mol. The minimum atomic E-state index is -3.76. The summed E-state index contributed by atoms with van der Waals surface area (Å²) in [4.78, 5) is 11.4. The first kappa shape index (κ1) is 16.5. The number of thiocarbonyl (C=S) groups is 1. The number of carbonyl (C=O) groups is 1. The van der Waals surface area contributed by atoms with Crippen LogP contribution in [0.5, 0.6) is 0 Å². The Balaban J connectivity index is 3.13. The zero-order valence-corrected chi connectivity index (χ0v) is 13.0. The summed E-state index contributed by atoms with van der Waals surface area (Å²) in [5.74, 6) is -0.632. The lowest BCUT2D eigenvalue weighted by molar-refractivity contribution is -0.140. The van der Waals surface area contributed by atoms with E-state index < -0.39 is 16.0 Å². The number of aryl methyl sites for hydroxylation is 1. The number of nitrogens with zero attached hydrogens (tertiary/aromatic N) is 1. The van der Waals surface area contributed by atoms with Crippen LogP contribution in [0.25, 0.3) is 0 Å². The van der Waals surface area contributed by atoms with E-state index in [0.29, 0.717) is 11.1 Å². The molecule has 0 bridgehead atoms. The minimum Gasteiger partial charge on any atom is -0.468 e. The number of hydrogen-bond acceptors (Lipinski definition) is 5. The normalized spacial score (nSPS) is 11.4. The molecule has 0 unspecified atom stereocenters. The van der Waals surface area contributed by atoms with Crippen molar-refractivity contribution in [2.24, 2.45) is 5.73 Å². The minimum absolute atomic E-state index is 0.0707. The molecule has 0 aromatic heterocycles. The van der Waals surface area contributed by atoms with Crippen molar-refractivity contribution in [1.29, 1.82) is 0 Å². The summed E-state index contributed by atoms with van der Waals surface area (Å²) in [6, 6.07) is 4.43. The van der Waals surface area contributed by atoms with E-state index in [-0.39, 0.29) is 16.4 Å². The summed E-state index contributed by atoms with van der Waals surface area (Å²) in [5.41, 5.74) is 6.81. The number of nitrogens with two attached hydrogens (primary N) is 1. The Labute approximate surface area is 123 Å². The molecule has 0 radical (unpaired) electrons. The molecule has 0 aliphatic carbocycles. The number of sulfonamides is 1. The number of likely N-dealkylation sites (N-methyl/N-ethyl adjacent to an activating group) is 1. The van der Waals surface area contributed by atoms with Crippen LogP contribution in [0.15, 0.2) is 23.1 Å². The Bertz CT molecular complexity index is 641. The molecule has 0 fully saturated rings. The van der Waals surface area contributed by atoms with E-state index in [4.69, 9.17) is 18.0 Å². The van der Waals surface area contributed by atoms with Gasteiger partial charge in [0.15, 0.2) is 0 Å². The third-order valence-electron chi connectivity index (χ3n) is 2.75. The van der Waals surface area contributed by atoms with Crippen molar-refractivity contribution in [3.63, 3.8) is 0 Å². The molecule has 0 saturated heterocycles. The maximum Gasteiger partial charge on any atom is 0.321 e. The maximum absolute atomic E-state index is 12.3. The van der Waals surface area contributed by atoms with E-state index >= 15 is 0 Å². The molecule has 0 amide bonds. The number of carbonyl (C=O) groups excluding carboxylic acids is 1. The average molecular weight is 316 g/mol. The van der Waals surface area contributed by atoms with Crippen LogP contribution in [0.4, 0.5) is 0 Å². The van der Waals surface area contributed by atoms with Crippen molar-refractivity contribution in [3.8, 4) is 0 Å². The summed E-state index contributed by atoms with van der Waals surface area (Å²) >= 11 is 4.87. The fraction of sp³-hybridized carbons (Fsp3) is 0.333. The molecule has 0 heterocycles. The van der Waals surface area contributed by atoms with Gasteiger partial charge in [0.05, 0.1) is 12.0 Å². The van der Waals surface area contributed by atoms with Crippen molar-refractivity contribution in [1.82, 2.24) is 4.31 Å². The van der Waals surface area contributed by atoms with Crippen LogP contribution in [0, 0.1) is 6.92 Å². The molecule has 1 aromatic rings. The first-order valence-corrected chi connectivity index (χ1v) is 7.48. The van der Waals surface area contributed by atoms with Crippen molar-refractivity contribution in [3.05, 3.63) is 29.3 Å². The molecule has 0 spiro atoms. The second-order valence-corrected chi connectivity index (χ2v) is 6.66. The van der Waals surface area contributed by atoms with Crippen molar-refractivity contribution in [2.75, 3.05) is 20.7 Å². The zero-order valence-electron chi connectivity index (χ0n) is 11.4. The predicted molar refractivity (Wildman–Crippen MR) is 78.9 cm³/mol. The molecule has 20 heavy (non-hydrogen) atoms. The standard InChI is InChI=1S/C12H16N2O4S2/c1-8-6-9(4-5-10(8)12(13)19)20(16,17)14(2)7-11(15)18-3/h4-6H,7H2,1-3H3,(H2,13,19). The van der Waals surface area contributed by atoms with Crippen LogP contribution in [0.2, 0.25) is 0 Å².